The Kier molecular flexibility index (Phi) is 11.5. The molecular formula is C29H32N4O7S2. The van der Waals surface area contributed by atoms with E-state index in [9.17, 15) is 22.8 Å². The number of nitrogens with zero attached hydrogens (tertiary/aromatic N) is 1. The Labute approximate surface area is 249 Å². The van der Waals surface area contributed by atoms with E-state index in [2.05, 4.69) is 15.4 Å². The fourth-order valence-electron chi connectivity index (χ4n) is 4.28. The Balaban J connectivity index is 1.33. The summed E-state index contributed by atoms with van der Waals surface area (Å²) in [5, 5.41) is 5.20. The van der Waals surface area contributed by atoms with E-state index in [1.165, 1.54) is 12.1 Å². The smallest absolute Gasteiger partial charge is 0.289 e. The number of hydrogen-bond donors (Lipinski definition) is 3. The molecule has 1 saturated heterocycles. The summed E-state index contributed by atoms with van der Waals surface area (Å²) in [6.07, 6.45) is 1.37. The average Bonchev–Trinajstić information content (AvgIpc) is 3.49. The molecule has 0 aromatic heterocycles. The van der Waals surface area contributed by atoms with Gasteiger partial charge in [-0.05, 0) is 42.7 Å². The summed E-state index contributed by atoms with van der Waals surface area (Å²) in [7, 11) is -3.76. The first-order valence-corrected chi connectivity index (χ1v) is 15.6. The normalized spacial score (nSPS) is 16.0. The number of rotatable bonds is 15. The minimum Gasteiger partial charge on any atom is -0.348 e. The van der Waals surface area contributed by atoms with E-state index in [-0.39, 0.29) is 24.4 Å². The Morgan fingerprint density at radius 3 is 2.24 bits per heavy atom. The van der Waals surface area contributed by atoms with Gasteiger partial charge in [0.25, 0.3) is 5.91 Å². The molecule has 11 nitrogen and oxygen atoms in total. The third-order valence-electron chi connectivity index (χ3n) is 6.40. The molecule has 0 bridgehead atoms. The van der Waals surface area contributed by atoms with Crippen molar-refractivity contribution in [1.82, 2.24) is 19.7 Å². The van der Waals surface area contributed by atoms with E-state index in [0.717, 1.165) is 24.2 Å². The molecule has 3 aromatic rings. The first-order chi connectivity index (χ1) is 20.3. The van der Waals surface area contributed by atoms with E-state index >= 15 is 0 Å². The maximum absolute atomic E-state index is 13.3. The number of nitrogens with one attached hydrogen (secondary N) is 3. The predicted molar refractivity (Wildman–Crippen MR) is 157 cm³/mol. The molecule has 3 N–H and O–H groups in total. The Bertz CT molecular complexity index is 1430. The number of hydrogen-bond acceptors (Lipinski definition) is 9. The molecule has 0 aliphatic carbocycles. The van der Waals surface area contributed by atoms with Crippen LogP contribution in [0.15, 0.2) is 95.9 Å². The molecule has 13 heteroatoms. The molecule has 4 rings (SSSR count). The number of carbonyl (C=O) groups is 3. The maximum atomic E-state index is 13.3. The van der Waals surface area contributed by atoms with Crippen LogP contribution in [-0.2, 0) is 35.2 Å². The predicted octanol–water partition coefficient (Wildman–Crippen LogP) is 2.42. The monoisotopic (exact) mass is 612 g/mol. The molecule has 1 fully saturated rings. The van der Waals surface area contributed by atoms with Crippen LogP contribution in [0, 0.1) is 0 Å². The van der Waals surface area contributed by atoms with Gasteiger partial charge in [0.05, 0.1) is 4.90 Å². The topological polar surface area (TPSA) is 143 Å². The highest BCUT2D eigenvalue weighted by Gasteiger charge is 2.36. The molecule has 222 valence electrons. The summed E-state index contributed by atoms with van der Waals surface area (Å²) in [6, 6.07) is 24.0. The Morgan fingerprint density at radius 2 is 1.55 bits per heavy atom. The van der Waals surface area contributed by atoms with E-state index < -0.39 is 39.7 Å². The zero-order valence-corrected chi connectivity index (χ0v) is 24.3. The van der Waals surface area contributed by atoms with Crippen LogP contribution in [0.4, 0.5) is 0 Å². The number of benzene rings is 3. The van der Waals surface area contributed by atoms with Crippen molar-refractivity contribution in [1.29, 1.82) is 0 Å². The van der Waals surface area contributed by atoms with Gasteiger partial charge in [0.1, 0.15) is 24.3 Å². The summed E-state index contributed by atoms with van der Waals surface area (Å²) in [4.78, 5) is 44.6. The second-order valence-corrected chi connectivity index (χ2v) is 11.9. The van der Waals surface area contributed by atoms with E-state index in [1.807, 2.05) is 12.1 Å². The van der Waals surface area contributed by atoms with Gasteiger partial charge in [-0.2, -0.15) is 0 Å². The number of para-hydroxylation sites is 1. The number of sulfonamides is 1. The minimum absolute atomic E-state index is 0.0918. The zero-order valence-electron chi connectivity index (χ0n) is 22.7. The molecule has 0 saturated carbocycles. The van der Waals surface area contributed by atoms with Gasteiger partial charge in [-0.1, -0.05) is 71.1 Å². The van der Waals surface area contributed by atoms with Crippen LogP contribution in [0.5, 0.6) is 5.75 Å². The Hall–Kier alpha value is -3.75. The summed E-state index contributed by atoms with van der Waals surface area (Å²) in [5.41, 5.74) is 0.761. The van der Waals surface area contributed by atoms with Gasteiger partial charge in [-0.25, -0.2) is 17.4 Å². The van der Waals surface area contributed by atoms with Crippen LogP contribution < -0.4 is 20.2 Å². The first kappa shape index (κ1) is 31.2. The lowest BCUT2D eigenvalue weighted by Crippen LogP contribution is -2.53. The lowest BCUT2D eigenvalue weighted by molar-refractivity contribution is -0.140. The quantitative estimate of drug-likeness (QED) is 0.0589. The molecule has 0 spiro atoms. The highest BCUT2D eigenvalue weighted by molar-refractivity contribution is 7.92. The van der Waals surface area contributed by atoms with Gasteiger partial charge in [-0.3, -0.25) is 14.4 Å². The van der Waals surface area contributed by atoms with Crippen LogP contribution in [0.3, 0.4) is 0 Å². The van der Waals surface area contributed by atoms with Crippen molar-refractivity contribution in [2.24, 2.45) is 0 Å². The van der Waals surface area contributed by atoms with Crippen LogP contribution in [0.2, 0.25) is 0 Å². The number of Topliss-reactive ketones (excluding diaryl/α,β-unsaturated/α-hetero) is 1. The lowest BCUT2D eigenvalue weighted by Gasteiger charge is -2.24. The third-order valence-corrected chi connectivity index (χ3v) is 8.64. The fourth-order valence-corrected chi connectivity index (χ4v) is 6.03. The van der Waals surface area contributed by atoms with Crippen molar-refractivity contribution < 1.29 is 32.0 Å². The van der Waals surface area contributed by atoms with Crippen molar-refractivity contribution in [2.75, 3.05) is 19.6 Å². The lowest BCUT2D eigenvalue weighted by atomic mass is 10.0. The summed E-state index contributed by atoms with van der Waals surface area (Å²) in [5.74, 6) is -1.66. The van der Waals surface area contributed by atoms with Crippen molar-refractivity contribution in [3.63, 3.8) is 0 Å². The summed E-state index contributed by atoms with van der Waals surface area (Å²) < 4.78 is 34.1. The maximum Gasteiger partial charge on any atom is 0.289 e. The molecule has 1 aliphatic heterocycles. The van der Waals surface area contributed by atoms with E-state index in [1.54, 1.807) is 71.0 Å². The van der Waals surface area contributed by atoms with Crippen molar-refractivity contribution in [3.8, 4) is 5.75 Å². The number of carbonyl (C=O) groups excluding carboxylic acids is 3. The second-order valence-electron chi connectivity index (χ2n) is 9.42. The molecule has 3 aromatic carbocycles. The molecule has 1 unspecified atom stereocenters. The third kappa shape index (κ3) is 9.13. The van der Waals surface area contributed by atoms with Gasteiger partial charge in [0.2, 0.25) is 21.7 Å². The highest BCUT2D eigenvalue weighted by atomic mass is 32.2. The molecule has 1 heterocycles. The van der Waals surface area contributed by atoms with Crippen molar-refractivity contribution in [3.05, 3.63) is 96.6 Å². The van der Waals surface area contributed by atoms with E-state index in [4.69, 9.17) is 9.22 Å². The SMILES string of the molecule is O=C(NCCNS(=O)(=O)c1ccccc1)C(=O)C(Cc1ccccc1)NC(=O)[C@@H]1CCCN1SOOc1ccccc1. The number of ketones is 1. The Morgan fingerprint density at radius 1 is 0.905 bits per heavy atom. The highest BCUT2D eigenvalue weighted by Crippen LogP contribution is 2.27. The summed E-state index contributed by atoms with van der Waals surface area (Å²) >= 11 is 0.905. The molecule has 2 atom stereocenters. The van der Waals surface area contributed by atoms with Gasteiger partial charge >= 0.3 is 0 Å². The van der Waals surface area contributed by atoms with Crippen molar-refractivity contribution in [2.45, 2.75) is 36.2 Å². The minimum atomic E-state index is -3.76. The van der Waals surface area contributed by atoms with Crippen LogP contribution in [0.25, 0.3) is 0 Å². The fraction of sp³-hybridized carbons (Fsp3) is 0.276. The first-order valence-electron chi connectivity index (χ1n) is 13.4. The largest absolute Gasteiger partial charge is 0.348 e. The van der Waals surface area contributed by atoms with Crippen LogP contribution in [-0.4, -0.2) is 62.0 Å². The molecule has 42 heavy (non-hydrogen) atoms. The summed E-state index contributed by atoms with van der Waals surface area (Å²) in [6.45, 7) is 0.331. The van der Waals surface area contributed by atoms with Crippen LogP contribution in [0.1, 0.15) is 18.4 Å². The molecular weight excluding hydrogens is 580 g/mol. The van der Waals surface area contributed by atoms with Gasteiger partial charge < -0.3 is 15.5 Å². The van der Waals surface area contributed by atoms with Gasteiger partial charge in [0.15, 0.2) is 5.75 Å². The second kappa shape index (κ2) is 15.5. The number of amides is 2. The molecule has 2 amide bonds. The molecule has 1 aliphatic rings. The van der Waals surface area contributed by atoms with Gasteiger partial charge in [0, 0.05) is 26.1 Å². The zero-order chi connectivity index (χ0) is 29.8. The van der Waals surface area contributed by atoms with E-state index in [0.29, 0.717) is 18.7 Å². The average molecular weight is 613 g/mol. The van der Waals surface area contributed by atoms with Gasteiger partial charge in [-0.15, -0.1) is 0 Å². The molecule has 0 radical (unpaired) electrons. The standard InChI is InChI=1S/C29H32N4O7S2/c34-27(29(36)30-18-19-31-42(37,38)24-15-8-3-9-16-24)25(21-22-11-4-1-5-12-22)32-28(35)26-17-10-20-33(26)41-40-39-23-13-6-2-7-14-23/h1-9,11-16,25-26,31H,10,17-21H2,(H,30,36)(H,32,35)/t25?,26-/m0/s1. The van der Waals surface area contributed by atoms with Crippen LogP contribution >= 0.6 is 12.2 Å². The van der Waals surface area contributed by atoms with Crippen molar-refractivity contribution >= 4 is 39.8 Å².